The standard InChI is InChI=1S/C23H31N3O3S/c1-19-8-10-22(11-9-19)23(27)25(18-20(2)21-6-4-3-5-7-21)16-17-30(28,29)26-14-12-24-13-15-26/h3-11,20,24H,12-18H2,1-2H3/t20-/m0/s1. The van der Waals surface area contributed by atoms with Crippen LogP contribution in [0.5, 0.6) is 0 Å². The number of hydrogen-bond acceptors (Lipinski definition) is 4. The lowest BCUT2D eigenvalue weighted by atomic mass is 10.0. The third-order valence-corrected chi connectivity index (χ3v) is 7.39. The summed E-state index contributed by atoms with van der Waals surface area (Å²) in [6.07, 6.45) is 0. The Kier molecular flexibility index (Phi) is 7.64. The van der Waals surface area contributed by atoms with Crippen molar-refractivity contribution in [2.45, 2.75) is 19.8 Å². The molecule has 7 heteroatoms. The Morgan fingerprint density at radius 2 is 1.70 bits per heavy atom. The summed E-state index contributed by atoms with van der Waals surface area (Å²) < 4.78 is 27.1. The fourth-order valence-electron chi connectivity index (χ4n) is 3.65. The predicted octanol–water partition coefficient (Wildman–Crippen LogP) is 2.48. The van der Waals surface area contributed by atoms with Gasteiger partial charge in [-0.2, -0.15) is 4.31 Å². The minimum Gasteiger partial charge on any atom is -0.337 e. The Bertz CT molecular complexity index is 924. The molecule has 1 heterocycles. The molecule has 0 unspecified atom stereocenters. The summed E-state index contributed by atoms with van der Waals surface area (Å²) in [5.74, 6) is -0.0951. The summed E-state index contributed by atoms with van der Waals surface area (Å²) in [6.45, 7) is 6.97. The molecule has 2 aromatic rings. The second kappa shape index (κ2) is 10.2. The fraction of sp³-hybridized carbons (Fsp3) is 0.435. The maximum atomic E-state index is 13.2. The van der Waals surface area contributed by atoms with Crippen molar-refractivity contribution in [1.82, 2.24) is 14.5 Å². The summed E-state index contributed by atoms with van der Waals surface area (Å²) in [7, 11) is -3.40. The number of carbonyl (C=O) groups excluding carboxylic acids is 1. The number of carbonyl (C=O) groups is 1. The van der Waals surface area contributed by atoms with Gasteiger partial charge >= 0.3 is 0 Å². The van der Waals surface area contributed by atoms with Crippen LogP contribution in [-0.4, -0.2) is 68.6 Å². The second-order valence-corrected chi connectivity index (χ2v) is 9.98. The molecule has 1 atom stereocenters. The number of sulfonamides is 1. The Morgan fingerprint density at radius 1 is 1.07 bits per heavy atom. The zero-order valence-corrected chi connectivity index (χ0v) is 18.6. The molecule has 30 heavy (non-hydrogen) atoms. The van der Waals surface area contributed by atoms with E-state index in [2.05, 4.69) is 12.2 Å². The number of aryl methyl sites for hydroxylation is 1. The largest absolute Gasteiger partial charge is 0.337 e. The molecule has 1 fully saturated rings. The molecule has 0 spiro atoms. The molecule has 3 rings (SSSR count). The highest BCUT2D eigenvalue weighted by Crippen LogP contribution is 2.18. The lowest BCUT2D eigenvalue weighted by molar-refractivity contribution is 0.0757. The van der Waals surface area contributed by atoms with Gasteiger partial charge in [0.25, 0.3) is 5.91 Å². The summed E-state index contributed by atoms with van der Waals surface area (Å²) in [5.41, 5.74) is 2.79. The van der Waals surface area contributed by atoms with E-state index in [4.69, 9.17) is 0 Å². The second-order valence-electron chi connectivity index (χ2n) is 7.89. The van der Waals surface area contributed by atoms with Crippen LogP contribution in [0.25, 0.3) is 0 Å². The van der Waals surface area contributed by atoms with Crippen molar-refractivity contribution in [3.8, 4) is 0 Å². The lowest BCUT2D eigenvalue weighted by Gasteiger charge is -2.30. The molecule has 162 valence electrons. The summed E-state index contributed by atoms with van der Waals surface area (Å²) in [6, 6.07) is 17.4. The highest BCUT2D eigenvalue weighted by atomic mass is 32.2. The Labute approximate surface area is 179 Å². The van der Waals surface area contributed by atoms with Crippen LogP contribution in [0, 0.1) is 6.92 Å². The zero-order valence-electron chi connectivity index (χ0n) is 17.8. The van der Waals surface area contributed by atoms with Crippen molar-refractivity contribution in [3.05, 3.63) is 71.3 Å². The molecule has 0 saturated carbocycles. The van der Waals surface area contributed by atoms with Gasteiger partial charge in [-0.3, -0.25) is 4.79 Å². The van der Waals surface area contributed by atoms with Gasteiger partial charge in [0.05, 0.1) is 5.75 Å². The number of nitrogens with one attached hydrogen (secondary N) is 1. The van der Waals surface area contributed by atoms with Crippen molar-refractivity contribution in [2.24, 2.45) is 0 Å². The monoisotopic (exact) mass is 429 g/mol. The fourth-order valence-corrected chi connectivity index (χ4v) is 5.10. The summed E-state index contributed by atoms with van der Waals surface area (Å²) >= 11 is 0. The van der Waals surface area contributed by atoms with Crippen LogP contribution < -0.4 is 5.32 Å². The normalized spacial score (nSPS) is 16.2. The van der Waals surface area contributed by atoms with Gasteiger partial charge in [0, 0.05) is 44.8 Å². The van der Waals surface area contributed by atoms with E-state index in [9.17, 15) is 13.2 Å². The maximum absolute atomic E-state index is 13.2. The Morgan fingerprint density at radius 3 is 2.33 bits per heavy atom. The van der Waals surface area contributed by atoms with E-state index in [-0.39, 0.29) is 24.1 Å². The van der Waals surface area contributed by atoms with Gasteiger partial charge in [-0.1, -0.05) is 55.0 Å². The quantitative estimate of drug-likeness (QED) is 0.700. The van der Waals surface area contributed by atoms with Crippen LogP contribution in [0.2, 0.25) is 0 Å². The Balaban J connectivity index is 1.76. The average molecular weight is 430 g/mol. The van der Waals surface area contributed by atoms with E-state index >= 15 is 0 Å². The summed E-state index contributed by atoms with van der Waals surface area (Å²) in [5, 5.41) is 3.17. The van der Waals surface area contributed by atoms with Crippen molar-refractivity contribution in [2.75, 3.05) is 45.0 Å². The molecular weight excluding hydrogens is 398 g/mol. The molecule has 1 aliphatic heterocycles. The molecule has 1 aliphatic rings. The average Bonchev–Trinajstić information content (AvgIpc) is 2.77. The lowest BCUT2D eigenvalue weighted by Crippen LogP contribution is -2.48. The topological polar surface area (TPSA) is 69.7 Å². The van der Waals surface area contributed by atoms with Crippen molar-refractivity contribution in [1.29, 1.82) is 0 Å². The first kappa shape index (κ1) is 22.5. The molecule has 1 amide bonds. The summed E-state index contributed by atoms with van der Waals surface area (Å²) in [4.78, 5) is 14.9. The van der Waals surface area contributed by atoms with Gasteiger partial charge in [0.1, 0.15) is 0 Å². The molecule has 2 aromatic carbocycles. The van der Waals surface area contributed by atoms with Crippen molar-refractivity contribution < 1.29 is 13.2 Å². The van der Waals surface area contributed by atoms with Crippen LogP contribution in [0.4, 0.5) is 0 Å². The van der Waals surface area contributed by atoms with Gasteiger partial charge < -0.3 is 10.2 Å². The highest BCUT2D eigenvalue weighted by Gasteiger charge is 2.26. The van der Waals surface area contributed by atoms with Crippen LogP contribution in [0.1, 0.15) is 34.3 Å². The number of benzene rings is 2. The third-order valence-electron chi connectivity index (χ3n) is 5.54. The predicted molar refractivity (Wildman–Crippen MR) is 120 cm³/mol. The van der Waals surface area contributed by atoms with Crippen LogP contribution in [0.3, 0.4) is 0 Å². The zero-order chi connectivity index (χ0) is 21.6. The number of rotatable bonds is 8. The third kappa shape index (κ3) is 5.90. The minimum atomic E-state index is -3.40. The van der Waals surface area contributed by atoms with Gasteiger partial charge in [-0.15, -0.1) is 0 Å². The van der Waals surface area contributed by atoms with E-state index in [1.54, 1.807) is 4.90 Å². The first-order valence-electron chi connectivity index (χ1n) is 10.5. The smallest absolute Gasteiger partial charge is 0.253 e. The number of amides is 1. The van der Waals surface area contributed by atoms with E-state index in [1.165, 1.54) is 4.31 Å². The van der Waals surface area contributed by atoms with E-state index in [1.807, 2.05) is 61.5 Å². The first-order valence-corrected chi connectivity index (χ1v) is 12.1. The molecule has 1 saturated heterocycles. The van der Waals surface area contributed by atoms with Gasteiger partial charge in [0.15, 0.2) is 0 Å². The van der Waals surface area contributed by atoms with Crippen LogP contribution >= 0.6 is 0 Å². The van der Waals surface area contributed by atoms with E-state index in [0.717, 1.165) is 11.1 Å². The van der Waals surface area contributed by atoms with Crippen LogP contribution in [0.15, 0.2) is 54.6 Å². The number of piperazine rings is 1. The van der Waals surface area contributed by atoms with Crippen LogP contribution in [-0.2, 0) is 10.0 Å². The van der Waals surface area contributed by atoms with Crippen molar-refractivity contribution >= 4 is 15.9 Å². The first-order chi connectivity index (χ1) is 14.4. The van der Waals surface area contributed by atoms with Gasteiger partial charge in [-0.25, -0.2) is 8.42 Å². The van der Waals surface area contributed by atoms with E-state index < -0.39 is 10.0 Å². The Hall–Kier alpha value is -2.22. The maximum Gasteiger partial charge on any atom is 0.253 e. The van der Waals surface area contributed by atoms with E-state index in [0.29, 0.717) is 38.3 Å². The molecule has 0 aromatic heterocycles. The van der Waals surface area contributed by atoms with Gasteiger partial charge in [-0.05, 0) is 30.5 Å². The highest BCUT2D eigenvalue weighted by molar-refractivity contribution is 7.89. The molecule has 0 radical (unpaired) electrons. The van der Waals surface area contributed by atoms with Gasteiger partial charge in [0.2, 0.25) is 10.0 Å². The number of hydrogen-bond donors (Lipinski definition) is 1. The molecule has 0 bridgehead atoms. The molecule has 0 aliphatic carbocycles. The molecular formula is C23H31N3O3S. The molecule has 1 N–H and O–H groups in total. The SMILES string of the molecule is Cc1ccc(C(=O)N(CCS(=O)(=O)N2CCNCC2)C[C@H](C)c2ccccc2)cc1. The minimum absolute atomic E-state index is 0.0634. The number of nitrogens with zero attached hydrogens (tertiary/aromatic N) is 2. The van der Waals surface area contributed by atoms with Crippen molar-refractivity contribution in [3.63, 3.8) is 0 Å². The molecule has 6 nitrogen and oxygen atoms in total.